The molecule has 0 heterocycles. The molecule has 216 valence electrons. The second kappa shape index (κ2) is 16.8. The standard InChI is InChI=1S/C21H37N7O10/c1-9(17(33)24-8-14(30)25-10(2)21(37)38)26-20(36)16(11(3)29)28-19(35)13(5-4-6-22)27-18(34)12(23)7-15(31)32/h9-13,16,29H,4-8,22-23H2,1-3H3,(H,24,33)(H,25,30)(H,26,36)(H,27,34)(H,28,35)(H,31,32)(H,37,38)/t9-,10-,11+,12-,13-,16-/m0/s1. The van der Waals surface area contributed by atoms with E-state index in [0.717, 1.165) is 0 Å². The summed E-state index contributed by atoms with van der Waals surface area (Å²) in [7, 11) is 0. The Morgan fingerprint density at radius 1 is 0.789 bits per heavy atom. The summed E-state index contributed by atoms with van der Waals surface area (Å²) in [4.78, 5) is 83.1. The van der Waals surface area contributed by atoms with E-state index >= 15 is 0 Å². The SMILES string of the molecule is C[C@H](NC(=O)CNC(=O)[C@H](C)NC(=O)[C@@H](NC(=O)[C@H](CCCN)NC(=O)[C@@H](N)CC(=O)O)[C@@H](C)O)C(=O)O. The largest absolute Gasteiger partial charge is 0.481 e. The smallest absolute Gasteiger partial charge is 0.325 e. The van der Waals surface area contributed by atoms with Crippen molar-refractivity contribution in [1.29, 1.82) is 0 Å². The summed E-state index contributed by atoms with van der Waals surface area (Å²) < 4.78 is 0. The number of carbonyl (C=O) groups is 7. The molecule has 0 saturated heterocycles. The molecule has 17 nitrogen and oxygen atoms in total. The molecule has 0 aliphatic heterocycles. The van der Waals surface area contributed by atoms with Gasteiger partial charge in [-0.2, -0.15) is 0 Å². The summed E-state index contributed by atoms with van der Waals surface area (Å²) in [6.45, 7) is 3.27. The number of nitrogens with one attached hydrogen (secondary N) is 5. The van der Waals surface area contributed by atoms with E-state index in [4.69, 9.17) is 21.7 Å². The number of nitrogens with two attached hydrogens (primary N) is 2. The highest BCUT2D eigenvalue weighted by molar-refractivity contribution is 5.96. The third kappa shape index (κ3) is 12.9. The number of rotatable bonds is 17. The molecule has 0 saturated carbocycles. The summed E-state index contributed by atoms with van der Waals surface area (Å²) in [6, 6.07) is -6.68. The molecule has 5 amide bonds. The highest BCUT2D eigenvalue weighted by atomic mass is 16.4. The van der Waals surface area contributed by atoms with Crippen LogP contribution in [-0.2, 0) is 33.6 Å². The third-order valence-corrected chi connectivity index (χ3v) is 5.05. The van der Waals surface area contributed by atoms with Crippen LogP contribution in [0.15, 0.2) is 0 Å². The topological polar surface area (TPSA) is 292 Å². The zero-order valence-electron chi connectivity index (χ0n) is 21.4. The first kappa shape index (κ1) is 34.2. The minimum absolute atomic E-state index is 0.0172. The van der Waals surface area contributed by atoms with Crippen molar-refractivity contribution in [1.82, 2.24) is 26.6 Å². The number of carboxylic acid groups (broad SMARTS) is 2. The fourth-order valence-electron chi connectivity index (χ4n) is 2.85. The maximum absolute atomic E-state index is 12.8. The molecule has 0 radical (unpaired) electrons. The molecule has 0 fully saturated rings. The number of amides is 5. The first-order chi connectivity index (χ1) is 17.6. The van der Waals surface area contributed by atoms with Crippen LogP contribution in [0.2, 0.25) is 0 Å². The predicted octanol–water partition coefficient (Wildman–Crippen LogP) is -4.91. The Kier molecular flexibility index (Phi) is 15.1. The van der Waals surface area contributed by atoms with Crippen LogP contribution in [-0.4, -0.2) is 106 Å². The Morgan fingerprint density at radius 2 is 1.39 bits per heavy atom. The second-order valence-electron chi connectivity index (χ2n) is 8.50. The number of carbonyl (C=O) groups excluding carboxylic acids is 5. The van der Waals surface area contributed by atoms with E-state index in [-0.39, 0.29) is 19.4 Å². The number of hydrogen-bond donors (Lipinski definition) is 10. The van der Waals surface area contributed by atoms with Crippen LogP contribution in [0.1, 0.15) is 40.0 Å². The first-order valence-electron chi connectivity index (χ1n) is 11.7. The van der Waals surface area contributed by atoms with Gasteiger partial charge in [0.15, 0.2) is 0 Å². The maximum Gasteiger partial charge on any atom is 0.325 e. The molecule has 0 aromatic carbocycles. The zero-order chi connectivity index (χ0) is 29.6. The minimum atomic E-state index is -1.57. The van der Waals surface area contributed by atoms with Gasteiger partial charge in [-0.1, -0.05) is 0 Å². The lowest BCUT2D eigenvalue weighted by Gasteiger charge is -2.26. The Morgan fingerprint density at radius 3 is 1.89 bits per heavy atom. The molecule has 0 rings (SSSR count). The molecule has 6 atom stereocenters. The lowest BCUT2D eigenvalue weighted by atomic mass is 10.1. The van der Waals surface area contributed by atoms with Gasteiger partial charge in [0, 0.05) is 0 Å². The Labute approximate surface area is 218 Å². The van der Waals surface area contributed by atoms with E-state index in [0.29, 0.717) is 0 Å². The highest BCUT2D eigenvalue weighted by Gasteiger charge is 2.32. The van der Waals surface area contributed by atoms with Crippen molar-refractivity contribution in [2.24, 2.45) is 11.5 Å². The average Bonchev–Trinajstić information content (AvgIpc) is 2.82. The fraction of sp³-hybridized carbons (Fsp3) is 0.667. The quantitative estimate of drug-likeness (QED) is 0.0819. The van der Waals surface area contributed by atoms with Gasteiger partial charge in [-0.3, -0.25) is 33.6 Å². The summed E-state index contributed by atoms with van der Waals surface area (Å²) in [5.41, 5.74) is 11.0. The molecule has 0 unspecified atom stereocenters. The normalized spacial score (nSPS) is 15.4. The lowest BCUT2D eigenvalue weighted by molar-refractivity contribution is -0.141. The van der Waals surface area contributed by atoms with Crippen LogP contribution >= 0.6 is 0 Å². The second-order valence-corrected chi connectivity index (χ2v) is 8.50. The van der Waals surface area contributed by atoms with Gasteiger partial charge in [0.1, 0.15) is 24.2 Å². The first-order valence-corrected chi connectivity index (χ1v) is 11.7. The van der Waals surface area contributed by atoms with Crippen LogP contribution in [0.3, 0.4) is 0 Å². The maximum atomic E-state index is 12.8. The van der Waals surface area contributed by atoms with Crippen molar-refractivity contribution in [3.05, 3.63) is 0 Å². The number of hydrogen-bond acceptors (Lipinski definition) is 10. The van der Waals surface area contributed by atoms with Gasteiger partial charge in [-0.15, -0.1) is 0 Å². The van der Waals surface area contributed by atoms with Crippen LogP contribution < -0.4 is 38.1 Å². The third-order valence-electron chi connectivity index (χ3n) is 5.05. The molecule has 0 aromatic rings. The average molecular weight is 548 g/mol. The number of carboxylic acids is 2. The molecule has 17 heteroatoms. The molecule has 0 aliphatic carbocycles. The van der Waals surface area contributed by atoms with Crippen LogP contribution in [0.4, 0.5) is 0 Å². The van der Waals surface area contributed by atoms with Crippen LogP contribution in [0.5, 0.6) is 0 Å². The summed E-state index contributed by atoms with van der Waals surface area (Å²) in [5.74, 6) is -6.97. The zero-order valence-corrected chi connectivity index (χ0v) is 21.4. The molecule has 0 aromatic heterocycles. The molecular formula is C21H37N7O10. The van der Waals surface area contributed by atoms with Gasteiger partial charge in [0.05, 0.1) is 25.1 Å². The van der Waals surface area contributed by atoms with Gasteiger partial charge in [-0.05, 0) is 40.2 Å². The summed E-state index contributed by atoms with van der Waals surface area (Å²) in [5, 5.41) is 38.8. The van der Waals surface area contributed by atoms with E-state index in [1.165, 1.54) is 20.8 Å². The van der Waals surface area contributed by atoms with E-state index in [2.05, 4.69) is 26.6 Å². The summed E-state index contributed by atoms with van der Waals surface area (Å²) >= 11 is 0. The Hall–Kier alpha value is -3.83. The van der Waals surface area contributed by atoms with Gasteiger partial charge in [0.2, 0.25) is 29.5 Å². The van der Waals surface area contributed by atoms with E-state index in [9.17, 15) is 38.7 Å². The van der Waals surface area contributed by atoms with Gasteiger partial charge in [0.25, 0.3) is 0 Å². The fourth-order valence-corrected chi connectivity index (χ4v) is 2.85. The minimum Gasteiger partial charge on any atom is -0.481 e. The van der Waals surface area contributed by atoms with Crippen molar-refractivity contribution >= 4 is 41.5 Å². The predicted molar refractivity (Wildman–Crippen MR) is 130 cm³/mol. The van der Waals surface area contributed by atoms with Crippen molar-refractivity contribution in [2.45, 2.75) is 76.3 Å². The molecule has 38 heavy (non-hydrogen) atoms. The van der Waals surface area contributed by atoms with Crippen LogP contribution in [0, 0.1) is 0 Å². The van der Waals surface area contributed by atoms with E-state index < -0.39 is 90.8 Å². The lowest BCUT2D eigenvalue weighted by Crippen LogP contribution is -2.60. The number of aliphatic hydroxyl groups excluding tert-OH is 1. The molecule has 0 aliphatic rings. The van der Waals surface area contributed by atoms with Crippen molar-refractivity contribution in [3.63, 3.8) is 0 Å². The number of aliphatic carboxylic acids is 2. The van der Waals surface area contributed by atoms with Gasteiger partial charge < -0.3 is 53.4 Å². The highest BCUT2D eigenvalue weighted by Crippen LogP contribution is 2.02. The van der Waals surface area contributed by atoms with Gasteiger partial charge >= 0.3 is 11.9 Å². The van der Waals surface area contributed by atoms with Gasteiger partial charge in [-0.25, -0.2) is 0 Å². The monoisotopic (exact) mass is 547 g/mol. The van der Waals surface area contributed by atoms with Crippen LogP contribution in [0.25, 0.3) is 0 Å². The molecular weight excluding hydrogens is 510 g/mol. The van der Waals surface area contributed by atoms with E-state index in [1.807, 2.05) is 0 Å². The van der Waals surface area contributed by atoms with E-state index in [1.54, 1.807) is 0 Å². The molecule has 0 bridgehead atoms. The Balaban J connectivity index is 5.19. The number of aliphatic hydroxyl groups is 1. The Bertz CT molecular complexity index is 882. The van der Waals surface area contributed by atoms with Crippen molar-refractivity contribution in [3.8, 4) is 0 Å². The van der Waals surface area contributed by atoms with Crippen molar-refractivity contribution in [2.75, 3.05) is 13.1 Å². The molecule has 12 N–H and O–H groups in total. The summed E-state index contributed by atoms with van der Waals surface area (Å²) in [6.07, 6.45) is -1.84. The molecule has 0 spiro atoms. The van der Waals surface area contributed by atoms with Crippen molar-refractivity contribution < 1.29 is 48.9 Å².